The topological polar surface area (TPSA) is 67.2 Å². The van der Waals surface area contributed by atoms with Crippen LogP contribution in [0.1, 0.15) is 48.0 Å². The molecule has 1 heterocycles. The van der Waals surface area contributed by atoms with E-state index in [2.05, 4.69) is 10.4 Å². The predicted octanol–water partition coefficient (Wildman–Crippen LogP) is 4.69. The monoisotopic (exact) mass is 462 g/mol. The lowest BCUT2D eigenvalue weighted by molar-refractivity contribution is -0.129. The molecular weight excluding hydrogens is 432 g/mol. The maximum Gasteiger partial charge on any atom is 0.252 e. The van der Waals surface area contributed by atoms with Crippen LogP contribution in [0.5, 0.6) is 0 Å². The van der Waals surface area contributed by atoms with E-state index in [4.69, 9.17) is 0 Å². The molecule has 2 amide bonds. The Kier molecular flexibility index (Phi) is 7.83. The van der Waals surface area contributed by atoms with Crippen molar-refractivity contribution in [2.75, 3.05) is 12.8 Å². The lowest BCUT2D eigenvalue weighted by atomic mass is 9.94. The van der Waals surface area contributed by atoms with Crippen molar-refractivity contribution in [3.05, 3.63) is 78.1 Å². The highest BCUT2D eigenvalue weighted by atomic mass is 32.2. The Hall–Kier alpha value is -3.06. The first kappa shape index (κ1) is 23.1. The number of rotatable bonds is 8. The van der Waals surface area contributed by atoms with Crippen molar-refractivity contribution in [1.29, 1.82) is 0 Å². The van der Waals surface area contributed by atoms with Gasteiger partial charge in [0.25, 0.3) is 5.91 Å². The Morgan fingerprint density at radius 1 is 1.06 bits per heavy atom. The van der Waals surface area contributed by atoms with Crippen molar-refractivity contribution in [2.24, 2.45) is 0 Å². The molecule has 0 unspecified atom stereocenters. The Morgan fingerprint density at radius 2 is 1.82 bits per heavy atom. The quantitative estimate of drug-likeness (QED) is 0.494. The van der Waals surface area contributed by atoms with Gasteiger partial charge in [0.15, 0.2) is 0 Å². The molecule has 7 heteroatoms. The minimum absolute atomic E-state index is 0.124. The Labute approximate surface area is 199 Å². The Balaban J connectivity index is 1.32. The van der Waals surface area contributed by atoms with Gasteiger partial charge >= 0.3 is 0 Å². The molecule has 1 N–H and O–H groups in total. The highest BCUT2D eigenvalue weighted by Crippen LogP contribution is 2.26. The van der Waals surface area contributed by atoms with Gasteiger partial charge in [-0.25, -0.2) is 4.68 Å². The van der Waals surface area contributed by atoms with Gasteiger partial charge in [0.1, 0.15) is 0 Å². The number of amides is 2. The molecule has 1 fully saturated rings. The highest BCUT2D eigenvalue weighted by Gasteiger charge is 2.22. The van der Waals surface area contributed by atoms with E-state index in [-0.39, 0.29) is 11.8 Å². The zero-order valence-electron chi connectivity index (χ0n) is 18.9. The van der Waals surface area contributed by atoms with Crippen LogP contribution >= 0.6 is 11.8 Å². The van der Waals surface area contributed by atoms with E-state index in [1.807, 2.05) is 72.7 Å². The minimum Gasteiger partial charge on any atom is -0.348 e. The molecule has 1 aliphatic rings. The van der Waals surface area contributed by atoms with Crippen LogP contribution in [0.3, 0.4) is 0 Å². The number of hydrogen-bond donors (Lipinski definition) is 1. The van der Waals surface area contributed by atoms with Crippen molar-refractivity contribution < 1.29 is 9.59 Å². The van der Waals surface area contributed by atoms with Crippen LogP contribution in [0.2, 0.25) is 0 Å². The van der Waals surface area contributed by atoms with Crippen molar-refractivity contribution in [3.8, 4) is 5.69 Å². The number of benzene rings is 2. The number of carbonyl (C=O) groups excluding carboxylic acids is 2. The fourth-order valence-electron chi connectivity index (χ4n) is 4.16. The Bertz CT molecular complexity index is 1060. The maximum atomic E-state index is 12.9. The SMILES string of the molecule is CN(C(=O)CSc1ccccc1C(=O)NCc1ccc(-n2cccn2)cc1)C1CCCCC1. The second kappa shape index (κ2) is 11.2. The van der Waals surface area contributed by atoms with Gasteiger partial charge in [-0.2, -0.15) is 5.10 Å². The molecule has 4 rings (SSSR count). The summed E-state index contributed by atoms with van der Waals surface area (Å²) in [7, 11) is 1.91. The normalized spacial score (nSPS) is 14.1. The van der Waals surface area contributed by atoms with E-state index in [0.29, 0.717) is 23.9 Å². The van der Waals surface area contributed by atoms with E-state index in [1.165, 1.54) is 31.0 Å². The van der Waals surface area contributed by atoms with Crippen LogP contribution in [0.4, 0.5) is 0 Å². The molecule has 172 valence electrons. The van der Waals surface area contributed by atoms with Gasteiger partial charge in [-0.15, -0.1) is 11.8 Å². The third kappa shape index (κ3) is 6.05. The van der Waals surface area contributed by atoms with E-state index >= 15 is 0 Å². The first-order valence-corrected chi connectivity index (χ1v) is 12.4. The van der Waals surface area contributed by atoms with Gasteiger partial charge in [-0.05, 0) is 48.7 Å². The smallest absolute Gasteiger partial charge is 0.252 e. The molecule has 3 aromatic rings. The average molecular weight is 463 g/mol. The lowest BCUT2D eigenvalue weighted by Crippen LogP contribution is -2.39. The molecule has 0 atom stereocenters. The molecule has 0 saturated heterocycles. The first-order chi connectivity index (χ1) is 16.1. The van der Waals surface area contributed by atoms with Gasteiger partial charge < -0.3 is 10.2 Å². The van der Waals surface area contributed by atoms with Gasteiger partial charge in [0, 0.05) is 36.9 Å². The lowest BCUT2D eigenvalue weighted by Gasteiger charge is -2.31. The largest absolute Gasteiger partial charge is 0.348 e. The average Bonchev–Trinajstić information content (AvgIpc) is 3.41. The third-order valence-electron chi connectivity index (χ3n) is 6.16. The number of aromatic nitrogens is 2. The number of nitrogens with zero attached hydrogens (tertiary/aromatic N) is 3. The number of nitrogens with one attached hydrogen (secondary N) is 1. The van der Waals surface area contributed by atoms with Crippen molar-refractivity contribution in [2.45, 2.75) is 49.6 Å². The number of carbonyl (C=O) groups is 2. The molecule has 0 bridgehead atoms. The minimum atomic E-state index is -0.137. The molecule has 6 nitrogen and oxygen atoms in total. The zero-order valence-corrected chi connectivity index (χ0v) is 19.8. The van der Waals surface area contributed by atoms with Crippen molar-refractivity contribution in [3.63, 3.8) is 0 Å². The van der Waals surface area contributed by atoms with Gasteiger partial charge in [0.2, 0.25) is 5.91 Å². The third-order valence-corrected chi connectivity index (χ3v) is 7.22. The summed E-state index contributed by atoms with van der Waals surface area (Å²) in [5.74, 6) is 0.327. The van der Waals surface area contributed by atoms with Gasteiger partial charge in [-0.3, -0.25) is 9.59 Å². The molecular formula is C26H30N4O2S. The molecule has 0 radical (unpaired) electrons. The van der Waals surface area contributed by atoms with Crippen LogP contribution in [-0.4, -0.2) is 45.3 Å². The summed E-state index contributed by atoms with van der Waals surface area (Å²) in [5, 5.41) is 7.23. The van der Waals surface area contributed by atoms with E-state index in [9.17, 15) is 9.59 Å². The summed E-state index contributed by atoms with van der Waals surface area (Å²) < 4.78 is 1.79. The summed E-state index contributed by atoms with van der Waals surface area (Å²) >= 11 is 1.44. The van der Waals surface area contributed by atoms with Gasteiger partial charge in [0.05, 0.1) is 17.0 Å². The van der Waals surface area contributed by atoms with Crippen LogP contribution < -0.4 is 5.32 Å². The highest BCUT2D eigenvalue weighted by molar-refractivity contribution is 8.00. The molecule has 2 aromatic carbocycles. The Morgan fingerprint density at radius 3 is 2.55 bits per heavy atom. The summed E-state index contributed by atoms with van der Waals surface area (Å²) in [5.41, 5.74) is 2.58. The second-order valence-electron chi connectivity index (χ2n) is 8.38. The predicted molar refractivity (Wildman–Crippen MR) is 132 cm³/mol. The summed E-state index contributed by atoms with van der Waals surface area (Å²) in [6.45, 7) is 0.431. The molecule has 1 saturated carbocycles. The van der Waals surface area contributed by atoms with E-state index < -0.39 is 0 Å². The van der Waals surface area contributed by atoms with Crippen LogP contribution in [0.25, 0.3) is 5.69 Å². The summed E-state index contributed by atoms with van der Waals surface area (Å²) in [4.78, 5) is 28.3. The number of thioether (sulfide) groups is 1. The second-order valence-corrected chi connectivity index (χ2v) is 9.40. The van der Waals surface area contributed by atoms with Gasteiger partial charge in [-0.1, -0.05) is 43.5 Å². The molecule has 1 aromatic heterocycles. The maximum absolute atomic E-state index is 12.9. The molecule has 33 heavy (non-hydrogen) atoms. The first-order valence-electron chi connectivity index (χ1n) is 11.5. The summed E-state index contributed by atoms with van der Waals surface area (Å²) in [6.07, 6.45) is 9.48. The molecule has 0 aliphatic heterocycles. The molecule has 0 spiro atoms. The number of hydrogen-bond acceptors (Lipinski definition) is 4. The fraction of sp³-hybridized carbons (Fsp3) is 0.346. The van der Waals surface area contributed by atoms with Crippen molar-refractivity contribution in [1.82, 2.24) is 20.0 Å². The van der Waals surface area contributed by atoms with Crippen LogP contribution in [-0.2, 0) is 11.3 Å². The van der Waals surface area contributed by atoms with E-state index in [0.717, 1.165) is 29.0 Å². The van der Waals surface area contributed by atoms with Crippen LogP contribution in [0.15, 0.2) is 71.9 Å². The standard InChI is InChI=1S/C26H30N4O2S/c1-29(21-8-3-2-4-9-21)25(31)19-33-24-11-6-5-10-23(24)26(32)27-18-20-12-14-22(15-13-20)30-17-7-16-28-30/h5-7,10-17,21H,2-4,8-9,18-19H2,1H3,(H,27,32). The summed E-state index contributed by atoms with van der Waals surface area (Å²) in [6, 6.07) is 17.6. The van der Waals surface area contributed by atoms with Crippen LogP contribution in [0, 0.1) is 0 Å². The van der Waals surface area contributed by atoms with E-state index in [1.54, 1.807) is 10.9 Å². The zero-order chi connectivity index (χ0) is 23.0. The fourth-order valence-corrected chi connectivity index (χ4v) is 5.13. The molecule has 1 aliphatic carbocycles. The van der Waals surface area contributed by atoms with Crippen molar-refractivity contribution >= 4 is 23.6 Å².